The smallest absolute Gasteiger partial charge is 0.371 e. The van der Waals surface area contributed by atoms with E-state index in [1.807, 2.05) is 30.3 Å². The van der Waals surface area contributed by atoms with Crippen molar-refractivity contribution in [2.24, 2.45) is 0 Å². The summed E-state index contributed by atoms with van der Waals surface area (Å²) < 4.78 is 38.2. The minimum absolute atomic E-state index is 0.0317. The number of rotatable bonds is 5. The van der Waals surface area contributed by atoms with Gasteiger partial charge in [-0.25, -0.2) is 9.97 Å². The third-order valence-electron chi connectivity index (χ3n) is 3.55. The molecular weight excluding hydrogens is 443 g/mol. The summed E-state index contributed by atoms with van der Waals surface area (Å²) in [6.07, 6.45) is -4.25. The van der Waals surface area contributed by atoms with Gasteiger partial charge in [-0.2, -0.15) is 18.2 Å². The first-order chi connectivity index (χ1) is 13.3. The maximum atomic E-state index is 12.9. The van der Waals surface area contributed by atoms with Crippen LogP contribution in [-0.2, 0) is 12.6 Å². The summed E-state index contributed by atoms with van der Waals surface area (Å²) in [5, 5.41) is 11.4. The van der Waals surface area contributed by atoms with Crippen LogP contribution >= 0.6 is 15.9 Å². The molecule has 3 aromatic rings. The topological polar surface area (TPSA) is 108 Å². The van der Waals surface area contributed by atoms with Gasteiger partial charge in [0.05, 0.1) is 0 Å². The standard InChI is InChI=1S/C16H13BrF3N7O/c1-21-13-10(23-12(17)11(24-13)16(18,19)20)14(28)25-15-22-9(26-27-15)7-8-5-3-2-4-6-8/h2-6H,7H2,1H3,(H,21,24)(H2,22,25,26,27,28). The second-order valence-corrected chi connectivity index (χ2v) is 6.28. The number of alkyl halides is 3. The normalized spacial score (nSPS) is 11.3. The van der Waals surface area contributed by atoms with Crippen molar-refractivity contribution in [3.8, 4) is 0 Å². The Kier molecular flexibility index (Phi) is 5.58. The summed E-state index contributed by atoms with van der Waals surface area (Å²) in [6, 6.07) is 9.48. The average molecular weight is 456 g/mol. The maximum absolute atomic E-state index is 12.9. The summed E-state index contributed by atoms with van der Waals surface area (Å²) in [7, 11) is 1.33. The van der Waals surface area contributed by atoms with Gasteiger partial charge < -0.3 is 5.32 Å². The molecule has 28 heavy (non-hydrogen) atoms. The lowest BCUT2D eigenvalue weighted by molar-refractivity contribution is -0.142. The molecule has 0 atom stereocenters. The van der Waals surface area contributed by atoms with Gasteiger partial charge in [0.2, 0.25) is 5.95 Å². The summed E-state index contributed by atoms with van der Waals surface area (Å²) in [4.78, 5) is 23.7. The molecule has 0 aliphatic carbocycles. The number of halogens is 4. The molecule has 1 aromatic carbocycles. The highest BCUT2D eigenvalue weighted by Gasteiger charge is 2.37. The third kappa shape index (κ3) is 4.44. The Morgan fingerprint density at radius 3 is 2.54 bits per heavy atom. The highest BCUT2D eigenvalue weighted by molar-refractivity contribution is 9.10. The van der Waals surface area contributed by atoms with Gasteiger partial charge in [0.15, 0.2) is 17.2 Å². The maximum Gasteiger partial charge on any atom is 0.436 e. The Morgan fingerprint density at radius 2 is 1.89 bits per heavy atom. The monoisotopic (exact) mass is 455 g/mol. The van der Waals surface area contributed by atoms with Crippen LogP contribution in [0.1, 0.15) is 27.6 Å². The second kappa shape index (κ2) is 7.92. The molecule has 12 heteroatoms. The first-order valence-electron chi connectivity index (χ1n) is 7.87. The van der Waals surface area contributed by atoms with Gasteiger partial charge in [-0.05, 0) is 21.5 Å². The van der Waals surface area contributed by atoms with Crippen LogP contribution in [0.3, 0.4) is 0 Å². The molecule has 0 saturated carbocycles. The number of amides is 1. The van der Waals surface area contributed by atoms with E-state index < -0.39 is 22.4 Å². The number of hydrogen-bond acceptors (Lipinski definition) is 6. The SMILES string of the molecule is CNc1nc(C(F)(F)F)c(Br)nc1C(=O)Nc1n[nH]c(Cc2ccccc2)n1. The predicted octanol–water partition coefficient (Wildman–Crippen LogP) is 3.26. The zero-order valence-corrected chi connectivity index (χ0v) is 15.9. The third-order valence-corrected chi connectivity index (χ3v) is 4.10. The molecule has 0 unspecified atom stereocenters. The van der Waals surface area contributed by atoms with Crippen LogP contribution in [0.2, 0.25) is 0 Å². The fourth-order valence-corrected chi connectivity index (χ4v) is 2.80. The van der Waals surface area contributed by atoms with Crippen molar-refractivity contribution >= 4 is 33.6 Å². The molecule has 1 amide bonds. The number of aromatic amines is 1. The largest absolute Gasteiger partial charge is 0.436 e. The molecule has 0 aliphatic heterocycles. The second-order valence-electron chi connectivity index (χ2n) is 5.53. The van der Waals surface area contributed by atoms with E-state index in [0.29, 0.717) is 12.2 Å². The van der Waals surface area contributed by atoms with E-state index in [1.54, 1.807) is 0 Å². The summed E-state index contributed by atoms with van der Waals surface area (Å²) in [6.45, 7) is 0. The van der Waals surface area contributed by atoms with Gasteiger partial charge in [-0.1, -0.05) is 30.3 Å². The van der Waals surface area contributed by atoms with Crippen molar-refractivity contribution < 1.29 is 18.0 Å². The van der Waals surface area contributed by atoms with E-state index in [-0.39, 0.29) is 17.5 Å². The molecule has 0 radical (unpaired) electrons. The van der Waals surface area contributed by atoms with Gasteiger partial charge >= 0.3 is 6.18 Å². The van der Waals surface area contributed by atoms with E-state index in [0.717, 1.165) is 5.56 Å². The Hall–Kier alpha value is -3.02. The minimum atomic E-state index is -4.72. The van der Waals surface area contributed by atoms with Gasteiger partial charge in [0.1, 0.15) is 10.4 Å². The summed E-state index contributed by atoms with van der Waals surface area (Å²) >= 11 is 2.70. The zero-order chi connectivity index (χ0) is 20.3. The molecule has 2 heterocycles. The molecule has 0 aliphatic rings. The van der Waals surface area contributed by atoms with Crippen LogP contribution in [0, 0.1) is 0 Å². The Balaban J connectivity index is 1.79. The first-order valence-corrected chi connectivity index (χ1v) is 8.66. The molecular formula is C16H13BrF3N7O. The molecule has 146 valence electrons. The van der Waals surface area contributed by atoms with Crippen molar-refractivity contribution in [1.29, 1.82) is 0 Å². The molecule has 3 rings (SSSR count). The number of benzene rings is 1. The van der Waals surface area contributed by atoms with Crippen molar-refractivity contribution in [3.05, 3.63) is 57.7 Å². The quantitative estimate of drug-likeness (QED) is 0.544. The number of nitrogens with one attached hydrogen (secondary N) is 3. The fraction of sp³-hybridized carbons (Fsp3) is 0.188. The van der Waals surface area contributed by atoms with Crippen LogP contribution in [-0.4, -0.2) is 38.1 Å². The van der Waals surface area contributed by atoms with Crippen molar-refractivity contribution in [2.45, 2.75) is 12.6 Å². The van der Waals surface area contributed by atoms with E-state index in [9.17, 15) is 18.0 Å². The van der Waals surface area contributed by atoms with Gasteiger partial charge in [-0.15, -0.1) is 5.10 Å². The molecule has 0 fully saturated rings. The lowest BCUT2D eigenvalue weighted by atomic mass is 10.1. The number of aromatic nitrogens is 5. The number of anilines is 2. The zero-order valence-electron chi connectivity index (χ0n) is 14.3. The van der Waals surface area contributed by atoms with Crippen LogP contribution in [0.5, 0.6) is 0 Å². The Labute approximate surface area is 165 Å². The summed E-state index contributed by atoms with van der Waals surface area (Å²) in [5.74, 6) is -0.657. The number of hydrogen-bond donors (Lipinski definition) is 3. The van der Waals surface area contributed by atoms with E-state index in [4.69, 9.17) is 0 Å². The Morgan fingerprint density at radius 1 is 1.18 bits per heavy atom. The van der Waals surface area contributed by atoms with Gasteiger partial charge in [-0.3, -0.25) is 15.2 Å². The molecule has 2 aromatic heterocycles. The molecule has 0 bridgehead atoms. The van der Waals surface area contributed by atoms with Crippen molar-refractivity contribution in [2.75, 3.05) is 17.7 Å². The van der Waals surface area contributed by atoms with Gasteiger partial charge in [0.25, 0.3) is 5.91 Å². The predicted molar refractivity (Wildman–Crippen MR) is 97.9 cm³/mol. The lowest BCUT2D eigenvalue weighted by Crippen LogP contribution is -2.21. The fourth-order valence-electron chi connectivity index (χ4n) is 2.31. The molecule has 8 nitrogen and oxygen atoms in total. The molecule has 0 saturated heterocycles. The number of carbonyl (C=O) groups is 1. The molecule has 3 N–H and O–H groups in total. The highest BCUT2D eigenvalue weighted by Crippen LogP contribution is 2.33. The van der Waals surface area contributed by atoms with Gasteiger partial charge in [0, 0.05) is 13.5 Å². The lowest BCUT2D eigenvalue weighted by Gasteiger charge is -2.12. The average Bonchev–Trinajstić information content (AvgIpc) is 3.08. The summed E-state index contributed by atoms with van der Waals surface area (Å²) in [5.41, 5.74) is -0.584. The van der Waals surface area contributed by atoms with Crippen molar-refractivity contribution in [1.82, 2.24) is 25.1 Å². The van der Waals surface area contributed by atoms with E-state index in [2.05, 4.69) is 51.7 Å². The van der Waals surface area contributed by atoms with E-state index >= 15 is 0 Å². The number of carbonyl (C=O) groups excluding carboxylic acids is 1. The highest BCUT2D eigenvalue weighted by atomic mass is 79.9. The van der Waals surface area contributed by atoms with Crippen LogP contribution < -0.4 is 10.6 Å². The Bertz CT molecular complexity index is 992. The minimum Gasteiger partial charge on any atom is -0.371 e. The van der Waals surface area contributed by atoms with Crippen LogP contribution in [0.15, 0.2) is 34.9 Å². The van der Waals surface area contributed by atoms with E-state index in [1.165, 1.54) is 7.05 Å². The van der Waals surface area contributed by atoms with Crippen LogP contribution in [0.4, 0.5) is 24.9 Å². The number of nitrogens with zero attached hydrogens (tertiary/aromatic N) is 4. The van der Waals surface area contributed by atoms with Crippen molar-refractivity contribution in [3.63, 3.8) is 0 Å². The van der Waals surface area contributed by atoms with Crippen LogP contribution in [0.25, 0.3) is 0 Å². The molecule has 0 spiro atoms. The first kappa shape index (κ1) is 19.7. The number of H-pyrrole nitrogens is 1.